The molecule has 4 rings (SSSR count). The molecule has 1 fully saturated rings. The summed E-state index contributed by atoms with van der Waals surface area (Å²) in [6, 6.07) is 13.2. The molecule has 0 spiro atoms. The molecule has 9 nitrogen and oxygen atoms in total. The third kappa shape index (κ3) is 7.54. The Morgan fingerprint density at radius 3 is 2.68 bits per heavy atom. The SMILES string of the molecule is CN(CCc1ccccn1)C(=O)C[C@@H]1CCN2C[C@@H]1CCCOc1ccccc1CN(S(C)(=O)=O)CC2=O. The number of nitrogens with zero attached hydrogens (tertiary/aromatic N) is 4. The highest BCUT2D eigenvalue weighted by molar-refractivity contribution is 7.88. The number of hydrogen-bond donors (Lipinski definition) is 0. The molecule has 0 aliphatic carbocycles. The molecule has 10 heteroatoms. The summed E-state index contributed by atoms with van der Waals surface area (Å²) < 4.78 is 32.4. The van der Waals surface area contributed by atoms with Gasteiger partial charge >= 0.3 is 0 Å². The van der Waals surface area contributed by atoms with Gasteiger partial charge in [-0.3, -0.25) is 14.6 Å². The zero-order valence-electron chi connectivity index (χ0n) is 22.3. The number of para-hydroxylation sites is 1. The van der Waals surface area contributed by atoms with Crippen LogP contribution in [0.15, 0.2) is 48.7 Å². The fourth-order valence-corrected chi connectivity index (χ4v) is 5.99. The quantitative estimate of drug-likeness (QED) is 0.556. The fraction of sp³-hybridized carbons (Fsp3) is 0.536. The number of sulfonamides is 1. The molecule has 0 N–H and O–H groups in total. The van der Waals surface area contributed by atoms with Gasteiger partial charge in [0.05, 0.1) is 19.4 Å². The number of likely N-dealkylation sites (N-methyl/N-ethyl adjacent to an activating group) is 1. The van der Waals surface area contributed by atoms with Crippen LogP contribution >= 0.6 is 0 Å². The van der Waals surface area contributed by atoms with E-state index in [0.29, 0.717) is 44.8 Å². The van der Waals surface area contributed by atoms with Crippen molar-refractivity contribution in [3.8, 4) is 5.75 Å². The van der Waals surface area contributed by atoms with E-state index < -0.39 is 10.0 Å². The van der Waals surface area contributed by atoms with E-state index in [1.54, 1.807) is 16.0 Å². The summed E-state index contributed by atoms with van der Waals surface area (Å²) >= 11 is 0. The molecule has 2 aromatic rings. The molecule has 0 radical (unpaired) electrons. The second-order valence-corrected chi connectivity index (χ2v) is 12.4. The number of benzene rings is 1. The lowest BCUT2D eigenvalue weighted by Gasteiger charge is -2.39. The molecule has 0 saturated carbocycles. The molecule has 3 heterocycles. The zero-order valence-corrected chi connectivity index (χ0v) is 23.1. The van der Waals surface area contributed by atoms with Gasteiger partial charge in [-0.25, -0.2) is 8.42 Å². The minimum Gasteiger partial charge on any atom is -0.493 e. The van der Waals surface area contributed by atoms with Gasteiger partial charge in [-0.2, -0.15) is 4.31 Å². The van der Waals surface area contributed by atoms with E-state index in [2.05, 4.69) is 4.98 Å². The Bertz CT molecular complexity index is 1210. The maximum absolute atomic E-state index is 13.3. The predicted molar refractivity (Wildman–Crippen MR) is 145 cm³/mol. The van der Waals surface area contributed by atoms with E-state index in [1.165, 1.54) is 4.31 Å². The van der Waals surface area contributed by atoms with Crippen LogP contribution in [0.25, 0.3) is 0 Å². The van der Waals surface area contributed by atoms with Crippen molar-refractivity contribution in [2.45, 2.75) is 38.6 Å². The third-order valence-electron chi connectivity index (χ3n) is 7.61. The number of hydrogen-bond acceptors (Lipinski definition) is 6. The van der Waals surface area contributed by atoms with Crippen LogP contribution in [-0.4, -0.2) is 85.4 Å². The van der Waals surface area contributed by atoms with Crippen LogP contribution in [-0.2, 0) is 32.6 Å². The molecule has 2 bridgehead atoms. The number of ether oxygens (including phenoxy) is 1. The summed E-state index contributed by atoms with van der Waals surface area (Å²) in [5, 5.41) is 0. The minimum absolute atomic E-state index is 0.0833. The number of amides is 2. The largest absolute Gasteiger partial charge is 0.493 e. The van der Waals surface area contributed by atoms with Crippen molar-refractivity contribution in [3.05, 3.63) is 59.9 Å². The Labute approximate surface area is 225 Å². The van der Waals surface area contributed by atoms with Gasteiger partial charge in [-0.1, -0.05) is 24.3 Å². The van der Waals surface area contributed by atoms with Crippen molar-refractivity contribution < 1.29 is 22.7 Å². The maximum Gasteiger partial charge on any atom is 0.237 e. The third-order valence-corrected chi connectivity index (χ3v) is 8.81. The monoisotopic (exact) mass is 542 g/mol. The number of aromatic nitrogens is 1. The van der Waals surface area contributed by atoms with Crippen molar-refractivity contribution >= 4 is 21.8 Å². The van der Waals surface area contributed by atoms with Gasteiger partial charge in [0.15, 0.2) is 0 Å². The Kier molecular flexibility index (Phi) is 9.38. The number of fused-ring (bicyclic) bond motifs is 3. The summed E-state index contributed by atoms with van der Waals surface area (Å²) in [5.74, 6) is 0.842. The molecule has 2 atom stereocenters. The summed E-state index contributed by atoms with van der Waals surface area (Å²) in [4.78, 5) is 34.2. The van der Waals surface area contributed by atoms with Crippen molar-refractivity contribution in [1.29, 1.82) is 0 Å². The Hall–Kier alpha value is -2.98. The minimum atomic E-state index is -3.61. The molecule has 2 amide bonds. The smallest absolute Gasteiger partial charge is 0.237 e. The van der Waals surface area contributed by atoms with Crippen molar-refractivity contribution in [2.75, 3.05) is 46.1 Å². The van der Waals surface area contributed by atoms with Crippen LogP contribution in [0.5, 0.6) is 5.75 Å². The second-order valence-electron chi connectivity index (χ2n) is 10.4. The molecule has 2 aliphatic heterocycles. The van der Waals surface area contributed by atoms with Gasteiger partial charge < -0.3 is 14.5 Å². The van der Waals surface area contributed by atoms with E-state index in [0.717, 1.165) is 36.8 Å². The lowest BCUT2D eigenvalue weighted by Crippen LogP contribution is -2.49. The van der Waals surface area contributed by atoms with Gasteiger partial charge in [-0.05, 0) is 49.3 Å². The van der Waals surface area contributed by atoms with E-state index >= 15 is 0 Å². The van der Waals surface area contributed by atoms with Gasteiger partial charge in [-0.15, -0.1) is 0 Å². The normalized spacial score (nSPS) is 21.3. The Morgan fingerprint density at radius 2 is 1.92 bits per heavy atom. The first kappa shape index (κ1) is 28.0. The number of rotatable bonds is 6. The van der Waals surface area contributed by atoms with Crippen molar-refractivity contribution in [1.82, 2.24) is 19.1 Å². The van der Waals surface area contributed by atoms with Crippen LogP contribution in [0.2, 0.25) is 0 Å². The molecule has 206 valence electrons. The second kappa shape index (κ2) is 12.7. The molecule has 1 aromatic heterocycles. The number of pyridine rings is 1. The van der Waals surface area contributed by atoms with Gasteiger partial charge in [0.25, 0.3) is 0 Å². The average molecular weight is 543 g/mol. The lowest BCUT2D eigenvalue weighted by molar-refractivity contribution is -0.135. The van der Waals surface area contributed by atoms with E-state index in [4.69, 9.17) is 4.74 Å². The first-order chi connectivity index (χ1) is 18.2. The van der Waals surface area contributed by atoms with E-state index in [-0.39, 0.29) is 36.7 Å². The predicted octanol–water partition coefficient (Wildman–Crippen LogP) is 2.57. The maximum atomic E-state index is 13.3. The number of carbonyl (C=O) groups excluding carboxylic acids is 2. The highest BCUT2D eigenvalue weighted by Crippen LogP contribution is 2.32. The molecular weight excluding hydrogens is 504 g/mol. The Morgan fingerprint density at radius 1 is 1.13 bits per heavy atom. The first-order valence-corrected chi connectivity index (χ1v) is 15.1. The van der Waals surface area contributed by atoms with Gasteiger partial charge in [0.2, 0.25) is 21.8 Å². The number of carbonyl (C=O) groups is 2. The number of piperidine rings is 1. The van der Waals surface area contributed by atoms with E-state index in [9.17, 15) is 18.0 Å². The average Bonchev–Trinajstić information content (AvgIpc) is 2.91. The van der Waals surface area contributed by atoms with Crippen LogP contribution < -0.4 is 4.74 Å². The molecular formula is C28H38N4O5S. The highest BCUT2D eigenvalue weighted by Gasteiger charge is 2.34. The zero-order chi connectivity index (χ0) is 27.1. The van der Waals surface area contributed by atoms with Crippen molar-refractivity contribution in [2.24, 2.45) is 11.8 Å². The lowest BCUT2D eigenvalue weighted by atomic mass is 9.80. The summed E-state index contributed by atoms with van der Waals surface area (Å²) in [5.41, 5.74) is 1.69. The molecule has 38 heavy (non-hydrogen) atoms. The summed E-state index contributed by atoms with van der Waals surface area (Å²) in [7, 11) is -1.78. The topological polar surface area (TPSA) is 100 Å². The van der Waals surface area contributed by atoms with E-state index in [1.807, 2.05) is 49.5 Å². The van der Waals surface area contributed by atoms with Gasteiger partial charge in [0.1, 0.15) is 5.75 Å². The molecule has 1 saturated heterocycles. The van der Waals surface area contributed by atoms with Crippen LogP contribution in [0.4, 0.5) is 0 Å². The molecule has 2 aliphatic rings. The summed E-state index contributed by atoms with van der Waals surface area (Å²) in [6.45, 7) is 2.02. The van der Waals surface area contributed by atoms with Crippen LogP contribution in [0, 0.1) is 11.8 Å². The Balaban J connectivity index is 1.44. The summed E-state index contributed by atoms with van der Waals surface area (Å²) in [6.07, 6.45) is 6.37. The molecule has 0 unspecified atom stereocenters. The highest BCUT2D eigenvalue weighted by atomic mass is 32.2. The van der Waals surface area contributed by atoms with Gasteiger partial charge in [0, 0.05) is 63.5 Å². The van der Waals surface area contributed by atoms with Crippen LogP contribution in [0.1, 0.15) is 36.9 Å². The standard InChI is InChI=1S/C28H38N4O5S/c1-30(15-13-25-10-5-6-14-29-25)27(33)18-22-12-16-31-19-23(22)9-7-17-37-26-11-4-3-8-24(26)20-32(21-28(31)34)38(2,35)36/h3-6,8,10-11,14,22-23H,7,9,12-13,15-21H2,1-2H3/t22-,23-/m0/s1. The fourth-order valence-electron chi connectivity index (χ4n) is 5.27. The molecule has 1 aromatic carbocycles. The van der Waals surface area contributed by atoms with Crippen LogP contribution in [0.3, 0.4) is 0 Å². The van der Waals surface area contributed by atoms with Crippen molar-refractivity contribution in [3.63, 3.8) is 0 Å². The first-order valence-electron chi connectivity index (χ1n) is 13.3.